The van der Waals surface area contributed by atoms with E-state index in [4.69, 9.17) is 9.47 Å². The number of carbonyl (C=O) groups is 2. The smallest absolute Gasteiger partial charge is 0.153 e. The number of aromatic nitrogens is 2. The number of pyridine rings is 2. The van der Waals surface area contributed by atoms with Crippen LogP contribution in [0.2, 0.25) is 0 Å². The van der Waals surface area contributed by atoms with Crippen LogP contribution in [0.5, 0.6) is 11.5 Å². The lowest BCUT2D eigenvalue weighted by Crippen LogP contribution is -2.06. The van der Waals surface area contributed by atoms with Crippen LogP contribution < -0.4 is 9.47 Å². The van der Waals surface area contributed by atoms with Crippen molar-refractivity contribution in [1.82, 2.24) is 9.97 Å². The van der Waals surface area contributed by atoms with Gasteiger partial charge in [-0.2, -0.15) is 0 Å². The van der Waals surface area contributed by atoms with Crippen LogP contribution in [-0.2, 0) is 13.2 Å². The van der Waals surface area contributed by atoms with Gasteiger partial charge in [0.15, 0.2) is 12.6 Å². The number of benzene rings is 4. The van der Waals surface area contributed by atoms with Crippen LogP contribution in [0.3, 0.4) is 0 Å². The highest BCUT2D eigenvalue weighted by molar-refractivity contribution is 6.14. The summed E-state index contributed by atoms with van der Waals surface area (Å²) in [5, 5.41) is 3.45. The second-order valence-corrected chi connectivity index (χ2v) is 9.24. The number of fused-ring (bicyclic) bond motifs is 2. The van der Waals surface area contributed by atoms with E-state index in [0.29, 0.717) is 33.8 Å². The van der Waals surface area contributed by atoms with Crippen molar-refractivity contribution in [1.29, 1.82) is 0 Å². The van der Waals surface area contributed by atoms with Crippen molar-refractivity contribution in [2.24, 2.45) is 0 Å². The predicted octanol–water partition coefficient (Wildman–Crippen LogP) is 7.23. The molecule has 0 aliphatic rings. The average Bonchev–Trinajstić information content (AvgIpc) is 3.02. The van der Waals surface area contributed by atoms with Crippen molar-refractivity contribution in [2.75, 3.05) is 0 Å². The molecule has 0 bridgehead atoms. The lowest BCUT2D eigenvalue weighted by molar-refractivity contribution is 0.111. The lowest BCUT2D eigenvalue weighted by Gasteiger charge is -2.22. The van der Waals surface area contributed by atoms with Gasteiger partial charge in [0.25, 0.3) is 0 Å². The molecule has 0 aliphatic heterocycles. The van der Waals surface area contributed by atoms with Crippen molar-refractivity contribution in [3.63, 3.8) is 0 Å². The first-order valence-corrected chi connectivity index (χ1v) is 12.8. The zero-order valence-electron chi connectivity index (χ0n) is 21.5. The Morgan fingerprint density at radius 3 is 1.38 bits per heavy atom. The third-order valence-electron chi connectivity index (χ3n) is 6.75. The standard InChI is InChI=1S/C34H24N2O4/c37-19-25-17-23-9-1-3-13-29(23)31(33(25)39-21-27-11-5-7-15-35-27)32-30-14-4-2-10-24(30)18-26(20-38)34(32)40-22-28-12-6-8-16-36-28/h1-20H,21-22H2. The van der Waals surface area contributed by atoms with Gasteiger partial charge in [-0.15, -0.1) is 0 Å². The molecule has 6 nitrogen and oxygen atoms in total. The Kier molecular flexibility index (Phi) is 6.97. The van der Waals surface area contributed by atoms with E-state index in [1.54, 1.807) is 12.4 Å². The highest BCUT2D eigenvalue weighted by Crippen LogP contribution is 2.48. The highest BCUT2D eigenvalue weighted by atomic mass is 16.5. The van der Waals surface area contributed by atoms with E-state index >= 15 is 0 Å². The SMILES string of the molecule is O=Cc1cc2ccccc2c(-c2c(OCc3ccccn3)c(C=O)cc3ccccc23)c1OCc1ccccn1. The first kappa shape index (κ1) is 24.9. The summed E-state index contributed by atoms with van der Waals surface area (Å²) in [5.74, 6) is 0.797. The van der Waals surface area contributed by atoms with E-state index in [-0.39, 0.29) is 13.2 Å². The van der Waals surface area contributed by atoms with Crippen LogP contribution in [-0.4, -0.2) is 22.5 Å². The Morgan fingerprint density at radius 1 is 0.550 bits per heavy atom. The fraction of sp³-hybridized carbons (Fsp3) is 0.0588. The van der Waals surface area contributed by atoms with Crippen molar-refractivity contribution >= 4 is 34.1 Å². The Balaban J connectivity index is 1.65. The summed E-state index contributed by atoms with van der Waals surface area (Å²) < 4.78 is 12.8. The first-order valence-electron chi connectivity index (χ1n) is 12.8. The molecule has 4 aromatic carbocycles. The maximum absolute atomic E-state index is 12.5. The van der Waals surface area contributed by atoms with Gasteiger partial charge in [-0.05, 0) is 57.9 Å². The van der Waals surface area contributed by atoms with Crippen LogP contribution in [0.25, 0.3) is 32.7 Å². The number of hydrogen-bond donors (Lipinski definition) is 0. The second-order valence-electron chi connectivity index (χ2n) is 9.24. The quantitative estimate of drug-likeness (QED) is 0.186. The van der Waals surface area contributed by atoms with Crippen molar-refractivity contribution in [3.05, 3.63) is 132 Å². The van der Waals surface area contributed by atoms with Gasteiger partial charge in [-0.1, -0.05) is 60.7 Å². The maximum Gasteiger partial charge on any atom is 0.153 e. The number of ether oxygens (including phenoxy) is 2. The van der Waals surface area contributed by atoms with Gasteiger partial charge in [0.2, 0.25) is 0 Å². The third-order valence-corrected chi connectivity index (χ3v) is 6.75. The van der Waals surface area contributed by atoms with Gasteiger partial charge >= 0.3 is 0 Å². The molecule has 2 aromatic heterocycles. The molecule has 6 rings (SSSR count). The van der Waals surface area contributed by atoms with Gasteiger partial charge in [0.1, 0.15) is 24.7 Å². The van der Waals surface area contributed by atoms with Crippen LogP contribution in [0.15, 0.2) is 109 Å². The number of carbonyl (C=O) groups excluding carboxylic acids is 2. The Bertz CT molecular complexity index is 1700. The molecule has 2 heterocycles. The maximum atomic E-state index is 12.5. The third kappa shape index (κ3) is 4.78. The summed E-state index contributed by atoms with van der Waals surface area (Å²) in [7, 11) is 0. The molecule has 0 unspecified atom stereocenters. The number of nitrogens with zero attached hydrogens (tertiary/aromatic N) is 2. The molecule has 0 fully saturated rings. The van der Waals surface area contributed by atoms with E-state index in [0.717, 1.165) is 45.5 Å². The largest absolute Gasteiger partial charge is 0.486 e. The molecule has 6 aromatic rings. The Morgan fingerprint density at radius 2 is 0.975 bits per heavy atom. The van der Waals surface area contributed by atoms with E-state index in [1.807, 2.05) is 97.1 Å². The van der Waals surface area contributed by atoms with Gasteiger partial charge < -0.3 is 9.47 Å². The van der Waals surface area contributed by atoms with Gasteiger partial charge in [0.05, 0.1) is 22.5 Å². The topological polar surface area (TPSA) is 78.4 Å². The van der Waals surface area contributed by atoms with Crippen LogP contribution in [0.1, 0.15) is 32.1 Å². The minimum atomic E-state index is 0.155. The minimum Gasteiger partial charge on any atom is -0.486 e. The predicted molar refractivity (Wildman–Crippen MR) is 155 cm³/mol. The van der Waals surface area contributed by atoms with Crippen molar-refractivity contribution in [2.45, 2.75) is 13.2 Å². The molecule has 40 heavy (non-hydrogen) atoms. The number of hydrogen-bond acceptors (Lipinski definition) is 6. The fourth-order valence-corrected chi connectivity index (χ4v) is 4.94. The molecular weight excluding hydrogens is 500 g/mol. The molecule has 0 saturated heterocycles. The minimum absolute atomic E-state index is 0.155. The Hall–Kier alpha value is -5.36. The molecule has 0 saturated carbocycles. The normalized spacial score (nSPS) is 10.9. The van der Waals surface area contributed by atoms with Crippen LogP contribution in [0, 0.1) is 0 Å². The van der Waals surface area contributed by atoms with Gasteiger partial charge in [0, 0.05) is 23.5 Å². The lowest BCUT2D eigenvalue weighted by atomic mass is 9.89. The summed E-state index contributed by atoms with van der Waals surface area (Å²) in [6.45, 7) is 0.310. The molecule has 0 atom stereocenters. The van der Waals surface area contributed by atoms with E-state index in [2.05, 4.69) is 9.97 Å². The molecule has 6 heteroatoms. The zero-order valence-corrected chi connectivity index (χ0v) is 21.5. The Labute approximate surface area is 230 Å². The van der Waals surface area contributed by atoms with Crippen LogP contribution in [0.4, 0.5) is 0 Å². The molecule has 0 spiro atoms. The molecular formula is C34H24N2O4. The molecule has 194 valence electrons. The van der Waals surface area contributed by atoms with Gasteiger partial charge in [-0.3, -0.25) is 19.6 Å². The second kappa shape index (κ2) is 11.2. The summed E-state index contributed by atoms with van der Waals surface area (Å²) in [6, 6.07) is 30.4. The molecule has 0 amide bonds. The molecule has 0 aliphatic carbocycles. The summed E-state index contributed by atoms with van der Waals surface area (Å²) in [5.41, 5.74) is 3.56. The van der Waals surface area contributed by atoms with E-state index in [9.17, 15) is 9.59 Å². The molecule has 0 N–H and O–H groups in total. The average molecular weight is 525 g/mol. The molecule has 0 radical (unpaired) electrons. The van der Waals surface area contributed by atoms with Crippen molar-refractivity contribution < 1.29 is 19.1 Å². The van der Waals surface area contributed by atoms with Gasteiger partial charge in [-0.25, -0.2) is 0 Å². The van der Waals surface area contributed by atoms with Crippen molar-refractivity contribution in [3.8, 4) is 22.6 Å². The number of rotatable bonds is 9. The first-order chi connectivity index (χ1) is 19.8. The summed E-state index contributed by atoms with van der Waals surface area (Å²) in [6.07, 6.45) is 4.99. The van der Waals surface area contributed by atoms with E-state index < -0.39 is 0 Å². The van der Waals surface area contributed by atoms with E-state index in [1.165, 1.54) is 0 Å². The fourth-order valence-electron chi connectivity index (χ4n) is 4.94. The summed E-state index contributed by atoms with van der Waals surface area (Å²) in [4.78, 5) is 33.7. The monoisotopic (exact) mass is 524 g/mol. The highest BCUT2D eigenvalue weighted by Gasteiger charge is 2.24. The number of aldehydes is 2. The zero-order chi connectivity index (χ0) is 27.3. The van der Waals surface area contributed by atoms with Crippen LogP contribution >= 0.6 is 0 Å². The summed E-state index contributed by atoms with van der Waals surface area (Å²) >= 11 is 0.